The minimum Gasteiger partial charge on any atom is -0.508 e. The van der Waals surface area contributed by atoms with E-state index >= 15 is 0 Å². The summed E-state index contributed by atoms with van der Waals surface area (Å²) < 4.78 is 0. The molecule has 0 saturated heterocycles. The number of benzene rings is 1. The molecular weight excluding hydrogens is 168 g/mol. The summed E-state index contributed by atoms with van der Waals surface area (Å²) in [7, 11) is 0. The van der Waals surface area contributed by atoms with Crippen LogP contribution in [-0.2, 0) is 6.42 Å². The summed E-state index contributed by atoms with van der Waals surface area (Å²) in [4.78, 5) is 0. The Labute approximate surface area is 77.8 Å². The van der Waals surface area contributed by atoms with Gasteiger partial charge in [-0.15, -0.1) is 0 Å². The summed E-state index contributed by atoms with van der Waals surface area (Å²) in [6.45, 7) is 0. The molecule has 0 aromatic heterocycles. The lowest BCUT2D eigenvalue weighted by Gasteiger charge is -2.02. The number of hydrogen-bond donors (Lipinski definition) is 1. The third kappa shape index (κ3) is 2.78. The minimum absolute atomic E-state index is 0.429. The van der Waals surface area contributed by atoms with Gasteiger partial charge in [-0.25, -0.2) is 0 Å². The highest BCUT2D eigenvalue weighted by atomic mass is 32.2. The molecule has 1 nitrogen and oxygen atoms in total. The molecule has 0 aliphatic carbocycles. The molecule has 1 N–H and O–H groups in total. The van der Waals surface area contributed by atoms with Crippen LogP contribution in [0.4, 0.5) is 0 Å². The SMILES string of the molecule is CSCCCc1ccccc1O. The van der Waals surface area contributed by atoms with Gasteiger partial charge in [0.2, 0.25) is 0 Å². The van der Waals surface area contributed by atoms with Gasteiger partial charge in [-0.3, -0.25) is 0 Å². The Morgan fingerprint density at radius 3 is 2.75 bits per heavy atom. The molecule has 66 valence electrons. The van der Waals surface area contributed by atoms with E-state index in [2.05, 4.69) is 6.26 Å². The minimum atomic E-state index is 0.429. The molecule has 0 saturated carbocycles. The van der Waals surface area contributed by atoms with Crippen molar-refractivity contribution in [1.29, 1.82) is 0 Å². The van der Waals surface area contributed by atoms with Crippen molar-refractivity contribution in [2.24, 2.45) is 0 Å². The molecule has 0 spiro atoms. The topological polar surface area (TPSA) is 20.2 Å². The van der Waals surface area contributed by atoms with Gasteiger partial charge in [-0.05, 0) is 36.5 Å². The summed E-state index contributed by atoms with van der Waals surface area (Å²) in [5.41, 5.74) is 1.06. The Bertz CT molecular complexity index is 235. The van der Waals surface area contributed by atoms with E-state index in [1.165, 1.54) is 0 Å². The molecule has 0 amide bonds. The molecule has 2 heteroatoms. The molecule has 0 heterocycles. The summed E-state index contributed by atoms with van der Waals surface area (Å²) in [6, 6.07) is 7.55. The van der Waals surface area contributed by atoms with E-state index in [1.54, 1.807) is 6.07 Å². The number of phenols is 1. The first-order valence-corrected chi connectivity index (χ1v) is 5.50. The first kappa shape index (κ1) is 9.46. The van der Waals surface area contributed by atoms with E-state index in [9.17, 15) is 5.11 Å². The lowest BCUT2D eigenvalue weighted by Crippen LogP contribution is -1.87. The molecule has 0 radical (unpaired) electrons. The molecule has 0 aliphatic heterocycles. The third-order valence-corrected chi connectivity index (χ3v) is 2.48. The maximum absolute atomic E-state index is 9.40. The highest BCUT2D eigenvalue weighted by Crippen LogP contribution is 2.17. The predicted molar refractivity (Wildman–Crippen MR) is 54.8 cm³/mol. The molecule has 1 rings (SSSR count). The van der Waals surface area contributed by atoms with Crippen molar-refractivity contribution < 1.29 is 5.11 Å². The van der Waals surface area contributed by atoms with E-state index in [4.69, 9.17) is 0 Å². The second-order valence-electron chi connectivity index (χ2n) is 2.73. The number of para-hydroxylation sites is 1. The second-order valence-corrected chi connectivity index (χ2v) is 3.71. The highest BCUT2D eigenvalue weighted by molar-refractivity contribution is 7.98. The third-order valence-electron chi connectivity index (χ3n) is 1.79. The van der Waals surface area contributed by atoms with Crippen LogP contribution in [0, 0.1) is 0 Å². The summed E-state index contributed by atoms with van der Waals surface area (Å²) in [5, 5.41) is 9.40. The van der Waals surface area contributed by atoms with Gasteiger partial charge in [0.15, 0.2) is 0 Å². The van der Waals surface area contributed by atoms with Gasteiger partial charge in [0.1, 0.15) is 5.75 Å². The fourth-order valence-electron chi connectivity index (χ4n) is 1.13. The first-order valence-electron chi connectivity index (χ1n) is 4.10. The van der Waals surface area contributed by atoms with Crippen LogP contribution in [0.1, 0.15) is 12.0 Å². The monoisotopic (exact) mass is 182 g/mol. The molecule has 12 heavy (non-hydrogen) atoms. The molecule has 1 aromatic rings. The smallest absolute Gasteiger partial charge is 0.118 e. The lowest BCUT2D eigenvalue weighted by molar-refractivity contribution is 0.467. The fourth-order valence-corrected chi connectivity index (χ4v) is 1.56. The molecule has 0 bridgehead atoms. The van der Waals surface area contributed by atoms with Gasteiger partial charge in [-0.1, -0.05) is 18.2 Å². The van der Waals surface area contributed by atoms with Gasteiger partial charge in [0.25, 0.3) is 0 Å². The maximum atomic E-state index is 9.40. The second kappa shape index (κ2) is 5.09. The van der Waals surface area contributed by atoms with Gasteiger partial charge in [0.05, 0.1) is 0 Å². The van der Waals surface area contributed by atoms with E-state index in [-0.39, 0.29) is 0 Å². The molecular formula is C10H14OS. The van der Waals surface area contributed by atoms with Crippen LogP contribution >= 0.6 is 11.8 Å². The zero-order chi connectivity index (χ0) is 8.81. The van der Waals surface area contributed by atoms with Crippen molar-refractivity contribution >= 4 is 11.8 Å². The Morgan fingerprint density at radius 1 is 1.33 bits per heavy atom. The molecule has 0 atom stereocenters. The molecule has 1 aromatic carbocycles. The molecule has 0 unspecified atom stereocenters. The van der Waals surface area contributed by atoms with Gasteiger partial charge >= 0.3 is 0 Å². The Morgan fingerprint density at radius 2 is 2.08 bits per heavy atom. The van der Waals surface area contributed by atoms with Crippen molar-refractivity contribution in [2.75, 3.05) is 12.0 Å². The Balaban J connectivity index is 2.46. The average molecular weight is 182 g/mol. The number of phenolic OH excluding ortho intramolecular Hbond substituents is 1. The van der Waals surface area contributed by atoms with Crippen LogP contribution < -0.4 is 0 Å². The molecule has 0 fully saturated rings. The number of thioether (sulfide) groups is 1. The van der Waals surface area contributed by atoms with E-state index in [0.29, 0.717) is 5.75 Å². The fraction of sp³-hybridized carbons (Fsp3) is 0.400. The largest absolute Gasteiger partial charge is 0.508 e. The first-order chi connectivity index (χ1) is 5.84. The average Bonchev–Trinajstić information content (AvgIpc) is 2.09. The number of hydrogen-bond acceptors (Lipinski definition) is 2. The Kier molecular flexibility index (Phi) is 4.01. The zero-order valence-corrected chi connectivity index (χ0v) is 8.10. The summed E-state index contributed by atoms with van der Waals surface area (Å²) in [5.74, 6) is 1.59. The van der Waals surface area contributed by atoms with Gasteiger partial charge < -0.3 is 5.11 Å². The highest BCUT2D eigenvalue weighted by Gasteiger charge is 1.97. The lowest BCUT2D eigenvalue weighted by atomic mass is 10.1. The van der Waals surface area contributed by atoms with Crippen LogP contribution in [0.15, 0.2) is 24.3 Å². The zero-order valence-electron chi connectivity index (χ0n) is 7.29. The standard InChI is InChI=1S/C10H14OS/c1-12-8-4-6-9-5-2-3-7-10(9)11/h2-3,5,7,11H,4,6,8H2,1H3. The van der Waals surface area contributed by atoms with Crippen LogP contribution in [0.3, 0.4) is 0 Å². The van der Waals surface area contributed by atoms with Crippen molar-refractivity contribution in [3.63, 3.8) is 0 Å². The van der Waals surface area contributed by atoms with Crippen LogP contribution in [-0.4, -0.2) is 17.1 Å². The van der Waals surface area contributed by atoms with Gasteiger partial charge in [-0.2, -0.15) is 11.8 Å². The van der Waals surface area contributed by atoms with Crippen molar-refractivity contribution in [2.45, 2.75) is 12.8 Å². The normalized spacial score (nSPS) is 10.1. The van der Waals surface area contributed by atoms with Gasteiger partial charge in [0, 0.05) is 0 Å². The van der Waals surface area contributed by atoms with E-state index in [0.717, 1.165) is 24.2 Å². The number of aromatic hydroxyl groups is 1. The van der Waals surface area contributed by atoms with E-state index in [1.807, 2.05) is 30.0 Å². The van der Waals surface area contributed by atoms with Crippen LogP contribution in [0.25, 0.3) is 0 Å². The number of rotatable bonds is 4. The summed E-state index contributed by atoms with van der Waals surface area (Å²) in [6.07, 6.45) is 4.22. The number of aryl methyl sites for hydroxylation is 1. The maximum Gasteiger partial charge on any atom is 0.118 e. The van der Waals surface area contributed by atoms with Crippen LogP contribution in [0.2, 0.25) is 0 Å². The van der Waals surface area contributed by atoms with E-state index < -0.39 is 0 Å². The quantitative estimate of drug-likeness (QED) is 0.722. The predicted octanol–water partition coefficient (Wildman–Crippen LogP) is 2.69. The van der Waals surface area contributed by atoms with Crippen molar-refractivity contribution in [3.8, 4) is 5.75 Å². The summed E-state index contributed by atoms with van der Waals surface area (Å²) >= 11 is 1.85. The molecule has 0 aliphatic rings. The van der Waals surface area contributed by atoms with Crippen molar-refractivity contribution in [1.82, 2.24) is 0 Å². The van der Waals surface area contributed by atoms with Crippen molar-refractivity contribution in [3.05, 3.63) is 29.8 Å². The Hall–Kier alpha value is -0.630. The van der Waals surface area contributed by atoms with Crippen LogP contribution in [0.5, 0.6) is 5.75 Å².